The van der Waals surface area contributed by atoms with Crippen molar-refractivity contribution in [2.24, 2.45) is 0 Å². The number of aromatic nitrogens is 2. The van der Waals surface area contributed by atoms with Crippen LogP contribution in [0.1, 0.15) is 10.4 Å². The van der Waals surface area contributed by atoms with E-state index in [0.717, 1.165) is 0 Å². The van der Waals surface area contributed by atoms with Crippen LogP contribution in [-0.4, -0.2) is 42.8 Å². The molecule has 0 bridgehead atoms. The number of nitrogens with zero attached hydrogens (tertiary/aromatic N) is 1. The standard InChI is InChI=1S/C12H14N4O4S/c17-8-7-13-12(18)9-1-3-10(4-2-9)16-21(19,20)11-5-6-14-15-11/h1-6,16-17H,7-8H2,(H,13,18)(H,14,15). The van der Waals surface area contributed by atoms with Crippen LogP contribution in [0.5, 0.6) is 0 Å². The topological polar surface area (TPSA) is 124 Å². The van der Waals surface area contributed by atoms with E-state index in [1.54, 1.807) is 0 Å². The Morgan fingerprint density at radius 3 is 2.52 bits per heavy atom. The van der Waals surface area contributed by atoms with Crippen molar-refractivity contribution in [3.8, 4) is 0 Å². The number of sulfonamides is 1. The Morgan fingerprint density at radius 2 is 1.95 bits per heavy atom. The molecule has 0 saturated heterocycles. The van der Waals surface area contributed by atoms with Crippen molar-refractivity contribution < 1.29 is 18.3 Å². The van der Waals surface area contributed by atoms with Crippen molar-refractivity contribution in [1.82, 2.24) is 15.5 Å². The van der Waals surface area contributed by atoms with Crippen LogP contribution in [0.15, 0.2) is 41.6 Å². The quantitative estimate of drug-likeness (QED) is 0.594. The molecule has 0 saturated carbocycles. The van der Waals surface area contributed by atoms with Gasteiger partial charge in [0, 0.05) is 17.8 Å². The minimum atomic E-state index is -3.72. The fourth-order valence-electron chi connectivity index (χ4n) is 1.56. The van der Waals surface area contributed by atoms with Gasteiger partial charge in [-0.3, -0.25) is 14.6 Å². The molecule has 21 heavy (non-hydrogen) atoms. The van der Waals surface area contributed by atoms with Crippen LogP contribution in [0, 0.1) is 0 Å². The minimum absolute atomic E-state index is 0.0488. The van der Waals surface area contributed by atoms with Gasteiger partial charge >= 0.3 is 0 Å². The van der Waals surface area contributed by atoms with Gasteiger partial charge < -0.3 is 10.4 Å². The van der Waals surface area contributed by atoms with E-state index in [9.17, 15) is 13.2 Å². The summed E-state index contributed by atoms with van der Waals surface area (Å²) in [4.78, 5) is 11.6. The Morgan fingerprint density at radius 1 is 1.24 bits per heavy atom. The number of hydrogen-bond acceptors (Lipinski definition) is 5. The van der Waals surface area contributed by atoms with Gasteiger partial charge in [0.2, 0.25) is 0 Å². The summed E-state index contributed by atoms with van der Waals surface area (Å²) in [7, 11) is -3.72. The number of hydrogen-bond donors (Lipinski definition) is 4. The van der Waals surface area contributed by atoms with Crippen molar-refractivity contribution in [3.63, 3.8) is 0 Å². The van der Waals surface area contributed by atoms with E-state index in [2.05, 4.69) is 20.2 Å². The third-order valence-electron chi connectivity index (χ3n) is 2.56. The molecule has 9 heteroatoms. The van der Waals surface area contributed by atoms with E-state index in [-0.39, 0.29) is 24.1 Å². The van der Waals surface area contributed by atoms with E-state index in [1.165, 1.54) is 36.5 Å². The molecule has 0 radical (unpaired) electrons. The molecule has 0 spiro atoms. The lowest BCUT2D eigenvalue weighted by atomic mass is 10.2. The number of amides is 1. The first kappa shape index (κ1) is 15.0. The van der Waals surface area contributed by atoms with E-state index in [4.69, 9.17) is 5.11 Å². The molecule has 112 valence electrons. The number of H-pyrrole nitrogens is 1. The van der Waals surface area contributed by atoms with Crippen molar-refractivity contribution in [2.75, 3.05) is 17.9 Å². The zero-order valence-electron chi connectivity index (χ0n) is 10.9. The first-order valence-electron chi connectivity index (χ1n) is 6.04. The average Bonchev–Trinajstić information content (AvgIpc) is 3.00. The van der Waals surface area contributed by atoms with Gasteiger partial charge in [0.25, 0.3) is 15.9 Å². The lowest BCUT2D eigenvalue weighted by Gasteiger charge is -2.07. The number of nitrogens with one attached hydrogen (secondary N) is 3. The largest absolute Gasteiger partial charge is 0.395 e. The van der Waals surface area contributed by atoms with Crippen molar-refractivity contribution in [2.45, 2.75) is 5.03 Å². The summed E-state index contributed by atoms with van der Waals surface area (Å²) in [6.45, 7) is 0.0147. The van der Waals surface area contributed by atoms with Crippen molar-refractivity contribution >= 4 is 21.6 Å². The number of aliphatic hydroxyl groups is 1. The SMILES string of the molecule is O=C(NCCO)c1ccc(NS(=O)(=O)c2ccn[nH]2)cc1. The Balaban J connectivity index is 2.08. The molecule has 2 aromatic rings. The molecule has 0 fully saturated rings. The maximum absolute atomic E-state index is 11.9. The molecule has 0 aliphatic carbocycles. The number of anilines is 1. The number of rotatable bonds is 6. The summed E-state index contributed by atoms with van der Waals surface area (Å²) in [5.74, 6) is -0.341. The number of benzene rings is 1. The third-order valence-corrected chi connectivity index (χ3v) is 3.87. The molecule has 0 unspecified atom stereocenters. The highest BCUT2D eigenvalue weighted by Crippen LogP contribution is 2.14. The van der Waals surface area contributed by atoms with E-state index in [1.807, 2.05) is 0 Å². The number of carbonyl (C=O) groups excluding carboxylic acids is 1. The normalized spacial score (nSPS) is 11.1. The van der Waals surface area contributed by atoms with E-state index < -0.39 is 10.0 Å². The Labute approximate surface area is 121 Å². The molecule has 1 amide bonds. The predicted octanol–water partition coefficient (Wildman–Crippen LogP) is -0.0674. The van der Waals surface area contributed by atoms with Crippen LogP contribution >= 0.6 is 0 Å². The summed E-state index contributed by atoms with van der Waals surface area (Å²) >= 11 is 0. The molecular weight excluding hydrogens is 296 g/mol. The zero-order valence-corrected chi connectivity index (χ0v) is 11.7. The second-order valence-electron chi connectivity index (χ2n) is 4.08. The molecule has 0 aliphatic heterocycles. The van der Waals surface area contributed by atoms with Gasteiger partial charge in [0.15, 0.2) is 5.03 Å². The molecule has 0 atom stereocenters. The summed E-state index contributed by atoms with van der Waals surface area (Å²) < 4.78 is 26.2. The highest BCUT2D eigenvalue weighted by molar-refractivity contribution is 7.92. The smallest absolute Gasteiger partial charge is 0.278 e. The van der Waals surface area contributed by atoms with Crippen molar-refractivity contribution in [3.05, 3.63) is 42.1 Å². The number of aliphatic hydroxyl groups excluding tert-OH is 1. The molecule has 1 aromatic carbocycles. The number of carbonyl (C=O) groups is 1. The monoisotopic (exact) mass is 310 g/mol. The predicted molar refractivity (Wildman–Crippen MR) is 75.3 cm³/mol. The Kier molecular flexibility index (Phi) is 4.55. The lowest BCUT2D eigenvalue weighted by Crippen LogP contribution is -2.26. The van der Waals surface area contributed by atoms with Gasteiger partial charge in [-0.25, -0.2) is 0 Å². The van der Waals surface area contributed by atoms with Gasteiger partial charge in [-0.05, 0) is 30.3 Å². The summed E-state index contributed by atoms with van der Waals surface area (Å²) in [6, 6.07) is 7.25. The molecule has 2 rings (SSSR count). The number of aromatic amines is 1. The summed E-state index contributed by atoms with van der Waals surface area (Å²) in [6.07, 6.45) is 1.34. The maximum Gasteiger partial charge on any atom is 0.278 e. The van der Waals surface area contributed by atoms with Gasteiger partial charge in [0.1, 0.15) is 0 Å². The van der Waals surface area contributed by atoms with Crippen LogP contribution in [0.4, 0.5) is 5.69 Å². The van der Waals surface area contributed by atoms with Crippen LogP contribution in [-0.2, 0) is 10.0 Å². The average molecular weight is 310 g/mol. The van der Waals surface area contributed by atoms with Gasteiger partial charge in [0.05, 0.1) is 12.8 Å². The molecule has 4 N–H and O–H groups in total. The fraction of sp³-hybridized carbons (Fsp3) is 0.167. The lowest BCUT2D eigenvalue weighted by molar-refractivity contribution is 0.0945. The first-order chi connectivity index (χ1) is 10.0. The van der Waals surface area contributed by atoms with Gasteiger partial charge in [-0.1, -0.05) is 0 Å². The highest BCUT2D eigenvalue weighted by atomic mass is 32.2. The molecule has 1 aromatic heterocycles. The van der Waals surface area contributed by atoms with E-state index >= 15 is 0 Å². The molecule has 8 nitrogen and oxygen atoms in total. The van der Waals surface area contributed by atoms with E-state index in [0.29, 0.717) is 11.3 Å². The van der Waals surface area contributed by atoms with Crippen LogP contribution in [0.3, 0.4) is 0 Å². The summed E-state index contributed by atoms with van der Waals surface area (Å²) in [5.41, 5.74) is 0.691. The highest BCUT2D eigenvalue weighted by Gasteiger charge is 2.15. The fourth-order valence-corrected chi connectivity index (χ4v) is 2.53. The van der Waals surface area contributed by atoms with Crippen LogP contribution < -0.4 is 10.0 Å². The molecule has 0 aliphatic rings. The summed E-state index contributed by atoms with van der Waals surface area (Å²) in [5, 5.41) is 17.0. The zero-order chi connectivity index (χ0) is 15.3. The minimum Gasteiger partial charge on any atom is -0.395 e. The Hall–Kier alpha value is -2.39. The second-order valence-corrected chi connectivity index (χ2v) is 5.73. The van der Waals surface area contributed by atoms with Crippen LogP contribution in [0.2, 0.25) is 0 Å². The Bertz CT molecular complexity index is 695. The van der Waals surface area contributed by atoms with Gasteiger partial charge in [-0.2, -0.15) is 13.5 Å². The van der Waals surface area contributed by atoms with Crippen LogP contribution in [0.25, 0.3) is 0 Å². The molecule has 1 heterocycles. The second kappa shape index (κ2) is 6.37. The van der Waals surface area contributed by atoms with Gasteiger partial charge in [-0.15, -0.1) is 0 Å². The third kappa shape index (κ3) is 3.80. The van der Waals surface area contributed by atoms with Crippen molar-refractivity contribution in [1.29, 1.82) is 0 Å². The molecular formula is C12H14N4O4S. The first-order valence-corrected chi connectivity index (χ1v) is 7.52. The maximum atomic E-state index is 11.9.